The highest BCUT2D eigenvalue weighted by Gasteiger charge is 2.70. The van der Waals surface area contributed by atoms with Gasteiger partial charge in [-0.2, -0.15) is 4.31 Å². The average Bonchev–Trinajstić information content (AvgIpc) is 3.57. The third-order valence-electron chi connectivity index (χ3n) is 12.0. The summed E-state index contributed by atoms with van der Waals surface area (Å²) in [4.78, 5) is 71.4. The van der Waals surface area contributed by atoms with Gasteiger partial charge in [0.05, 0.1) is 17.0 Å². The van der Waals surface area contributed by atoms with Crippen LogP contribution in [0.3, 0.4) is 0 Å². The summed E-state index contributed by atoms with van der Waals surface area (Å²) in [6.45, 7) is 18.0. The number of hydrogen-bond donors (Lipinski definition) is 4. The number of nitrogens with one attached hydrogen (secondary N) is 4. The first-order valence-electron chi connectivity index (χ1n) is 18.8. The van der Waals surface area contributed by atoms with E-state index in [0.29, 0.717) is 31.4 Å². The molecule has 5 rings (SSSR count). The maximum atomic E-state index is 14.8. The van der Waals surface area contributed by atoms with Crippen LogP contribution in [0.2, 0.25) is 0 Å². The fourth-order valence-corrected chi connectivity index (χ4v) is 11.5. The third kappa shape index (κ3) is 8.26. The number of sulfonamides is 1. The summed E-state index contributed by atoms with van der Waals surface area (Å²) in [6.07, 6.45) is 7.27. The fourth-order valence-electron chi connectivity index (χ4n) is 8.59. The van der Waals surface area contributed by atoms with Gasteiger partial charge >= 0.3 is 6.03 Å². The number of fused-ring (bicyclic) bond motifs is 2. The van der Waals surface area contributed by atoms with Gasteiger partial charge in [0, 0.05) is 31.1 Å². The quantitative estimate of drug-likeness (QED) is 0.146. The largest absolute Gasteiger partial charge is 0.346 e. The molecule has 0 spiro atoms. The number of carbonyl (C=O) groups is 5. The van der Waals surface area contributed by atoms with Gasteiger partial charge in [0.25, 0.3) is 5.91 Å². The van der Waals surface area contributed by atoms with E-state index in [1.54, 1.807) is 23.3 Å². The highest BCUT2D eigenvalue weighted by Crippen LogP contribution is 2.65. The SMILES string of the molecule is C=CCNC(=O)C(=O)C(CCCC)NC(=O)[C@@H]1[C@@H]2[C@H](CN1C(=O)[C@@H](NC(=O)N[C@H](CN1Cc3sccc3S1(=O)=O)C(=C)C)C1(C)CCCCC1)C2(C)C. The van der Waals surface area contributed by atoms with Crippen molar-refractivity contribution in [1.29, 1.82) is 0 Å². The van der Waals surface area contributed by atoms with E-state index in [4.69, 9.17) is 0 Å². The fraction of sp³-hybridized carbons (Fsp3) is 0.658. The first-order valence-corrected chi connectivity index (χ1v) is 21.1. The van der Waals surface area contributed by atoms with E-state index in [-0.39, 0.29) is 54.1 Å². The Kier molecular flexibility index (Phi) is 12.3. The monoisotopic (exact) mass is 772 g/mol. The number of unbranched alkanes of at least 4 members (excludes halogenated alkanes) is 1. The number of piperidine rings is 1. The summed E-state index contributed by atoms with van der Waals surface area (Å²) < 4.78 is 27.7. The van der Waals surface area contributed by atoms with E-state index in [9.17, 15) is 32.4 Å². The molecule has 53 heavy (non-hydrogen) atoms. The number of Topliss-reactive ketones (excluding diaryl/α,β-unsaturated/α-hetero) is 1. The summed E-state index contributed by atoms with van der Waals surface area (Å²) in [6, 6.07) is -2.68. The standard InChI is InChI=1S/C38H56N6O7S2/c1-8-10-14-25(31(45)34(47)39-18-9-2)40-33(46)30-29-24(37(29,5)6)20-44(30)35(48)32(38(7)16-12-11-13-17-38)42-36(49)41-26(23(3)4)21-43-22-27-28(15-19-52-27)53(43,50)51/h9,15,19,24-26,29-30,32H,2-3,8,10-14,16-18,20-22H2,1,4-7H3,(H,39,47)(H,40,46)(H2,41,42,49)/t24-,25?,26+,29-,30-,32+/m0/s1. The van der Waals surface area contributed by atoms with Crippen molar-refractivity contribution in [2.24, 2.45) is 22.7 Å². The van der Waals surface area contributed by atoms with Crippen molar-refractivity contribution in [2.75, 3.05) is 19.6 Å². The molecule has 1 aromatic rings. The predicted octanol–water partition coefficient (Wildman–Crippen LogP) is 3.86. The maximum Gasteiger partial charge on any atom is 0.315 e. The van der Waals surface area contributed by atoms with Crippen LogP contribution in [0.5, 0.6) is 0 Å². The Hall–Kier alpha value is -3.56. The van der Waals surface area contributed by atoms with Crippen LogP contribution < -0.4 is 21.3 Å². The van der Waals surface area contributed by atoms with Crippen LogP contribution in [-0.4, -0.2) is 91.0 Å². The second-order valence-electron chi connectivity index (χ2n) is 16.1. The van der Waals surface area contributed by atoms with Gasteiger partial charge in [0.1, 0.15) is 12.1 Å². The minimum Gasteiger partial charge on any atom is -0.346 e. The molecule has 15 heteroatoms. The summed E-state index contributed by atoms with van der Waals surface area (Å²) >= 11 is 1.37. The van der Waals surface area contributed by atoms with E-state index in [2.05, 4.69) is 48.3 Å². The highest BCUT2D eigenvalue weighted by molar-refractivity contribution is 7.89. The van der Waals surface area contributed by atoms with Gasteiger partial charge in [-0.05, 0) is 60.3 Å². The van der Waals surface area contributed by atoms with E-state index >= 15 is 0 Å². The van der Waals surface area contributed by atoms with Crippen molar-refractivity contribution in [1.82, 2.24) is 30.5 Å². The zero-order valence-corrected chi connectivity index (χ0v) is 33.3. The molecule has 13 nitrogen and oxygen atoms in total. The molecule has 0 bridgehead atoms. The number of ketones is 1. The smallest absolute Gasteiger partial charge is 0.315 e. The Morgan fingerprint density at radius 3 is 2.38 bits per heavy atom. The van der Waals surface area contributed by atoms with Gasteiger partial charge in [-0.1, -0.05) is 78.0 Å². The Balaban J connectivity index is 1.36. The van der Waals surface area contributed by atoms with Crippen LogP contribution in [0.25, 0.3) is 0 Å². The Labute approximate surface area is 317 Å². The molecule has 2 aliphatic carbocycles. The number of urea groups is 1. The number of rotatable bonds is 16. The van der Waals surface area contributed by atoms with Crippen LogP contribution in [0.4, 0.5) is 4.79 Å². The number of carbonyl (C=O) groups excluding carboxylic acids is 5. The Morgan fingerprint density at radius 2 is 1.75 bits per heavy atom. The topological polar surface area (TPSA) is 174 Å². The van der Waals surface area contributed by atoms with Crippen molar-refractivity contribution in [3.8, 4) is 0 Å². The average molecular weight is 773 g/mol. The van der Waals surface area contributed by atoms with Gasteiger partial charge < -0.3 is 26.2 Å². The zero-order valence-electron chi connectivity index (χ0n) is 31.7. The molecule has 1 aromatic heterocycles. The number of hydrogen-bond acceptors (Lipinski definition) is 8. The number of likely N-dealkylation sites (tertiary alicyclic amines) is 1. The molecule has 1 unspecified atom stereocenters. The molecule has 4 N–H and O–H groups in total. The lowest BCUT2D eigenvalue weighted by Crippen LogP contribution is -2.63. The molecule has 0 radical (unpaired) electrons. The first-order chi connectivity index (χ1) is 25.0. The van der Waals surface area contributed by atoms with E-state index in [0.717, 1.165) is 30.6 Å². The van der Waals surface area contributed by atoms with Crippen LogP contribution in [0.1, 0.15) is 90.9 Å². The molecule has 2 aliphatic heterocycles. The van der Waals surface area contributed by atoms with E-state index in [1.165, 1.54) is 21.7 Å². The minimum atomic E-state index is -3.71. The van der Waals surface area contributed by atoms with Crippen molar-refractivity contribution in [2.45, 2.75) is 122 Å². The molecular formula is C38H56N6O7S2. The molecule has 1 saturated heterocycles. The second kappa shape index (κ2) is 16.0. The van der Waals surface area contributed by atoms with Crippen molar-refractivity contribution < 1.29 is 32.4 Å². The zero-order chi connectivity index (χ0) is 38.9. The minimum absolute atomic E-state index is 0.0152. The lowest BCUT2D eigenvalue weighted by molar-refractivity contribution is -0.146. The predicted molar refractivity (Wildman–Crippen MR) is 203 cm³/mol. The van der Waals surface area contributed by atoms with Crippen LogP contribution in [0.15, 0.2) is 41.1 Å². The summed E-state index contributed by atoms with van der Waals surface area (Å²) in [7, 11) is -3.71. The van der Waals surface area contributed by atoms with Crippen molar-refractivity contribution >= 4 is 50.9 Å². The second-order valence-corrected chi connectivity index (χ2v) is 19.0. The highest BCUT2D eigenvalue weighted by atomic mass is 32.2. The van der Waals surface area contributed by atoms with Gasteiger partial charge in [0.2, 0.25) is 27.6 Å². The van der Waals surface area contributed by atoms with Gasteiger partial charge in [0.15, 0.2) is 0 Å². The van der Waals surface area contributed by atoms with Gasteiger partial charge in [-0.3, -0.25) is 19.2 Å². The third-order valence-corrected chi connectivity index (χ3v) is 14.9. The van der Waals surface area contributed by atoms with E-state index < -0.39 is 63.2 Å². The van der Waals surface area contributed by atoms with E-state index in [1.807, 2.05) is 13.8 Å². The summed E-state index contributed by atoms with van der Waals surface area (Å²) in [5, 5.41) is 13.0. The Bertz CT molecular complexity index is 1730. The molecule has 292 valence electrons. The molecular weight excluding hydrogens is 717 g/mol. The normalized spacial score (nSPS) is 25.2. The maximum absolute atomic E-state index is 14.8. The molecule has 5 amide bonds. The number of nitrogens with zero attached hydrogens (tertiary/aromatic N) is 2. The molecule has 2 saturated carbocycles. The lowest BCUT2D eigenvalue weighted by Gasteiger charge is -2.43. The summed E-state index contributed by atoms with van der Waals surface area (Å²) in [5.74, 6) is -2.51. The molecule has 0 aromatic carbocycles. The molecule has 6 atom stereocenters. The van der Waals surface area contributed by atoms with Crippen molar-refractivity contribution in [3.63, 3.8) is 0 Å². The number of amides is 5. The molecule has 3 fully saturated rings. The van der Waals surface area contributed by atoms with Crippen LogP contribution in [0, 0.1) is 22.7 Å². The summed E-state index contributed by atoms with van der Waals surface area (Å²) in [5.41, 5.74) is -0.266. The van der Waals surface area contributed by atoms with Crippen LogP contribution >= 0.6 is 11.3 Å². The number of thiophene rings is 1. The molecule has 3 heterocycles. The van der Waals surface area contributed by atoms with Crippen LogP contribution in [-0.2, 0) is 35.7 Å². The lowest BCUT2D eigenvalue weighted by atomic mass is 9.70. The van der Waals surface area contributed by atoms with Crippen molar-refractivity contribution in [3.05, 3.63) is 41.1 Å². The van der Waals surface area contributed by atoms with Gasteiger partial charge in [-0.25, -0.2) is 13.2 Å². The first kappa shape index (κ1) is 40.6. The van der Waals surface area contributed by atoms with Gasteiger partial charge in [-0.15, -0.1) is 17.9 Å². The Morgan fingerprint density at radius 1 is 1.06 bits per heavy atom. The molecule has 4 aliphatic rings.